The Kier molecular flexibility index (Phi) is 10.4. The van der Waals surface area contributed by atoms with Crippen LogP contribution in [0.4, 0.5) is 13.2 Å². The molecule has 1 atom stereocenters. The number of guanidine groups is 1. The largest absolute Gasteiger partial charge is 0.494 e. The normalized spacial score (nSPS) is 17.9. The van der Waals surface area contributed by atoms with Crippen molar-refractivity contribution in [3.8, 4) is 5.75 Å². The Morgan fingerprint density at radius 3 is 2.71 bits per heavy atom. The summed E-state index contributed by atoms with van der Waals surface area (Å²) in [4.78, 5) is 5.66. The number of nitrogens with zero attached hydrogens (tertiary/aromatic N) is 2. The number of likely N-dealkylation sites (tertiary alicyclic amines) is 1. The summed E-state index contributed by atoms with van der Waals surface area (Å²) in [5, 5.41) is 6.46. The van der Waals surface area contributed by atoms with Gasteiger partial charge in [0.2, 0.25) is 0 Å². The van der Waals surface area contributed by atoms with Gasteiger partial charge in [-0.1, -0.05) is 12.1 Å². The van der Waals surface area contributed by atoms with Gasteiger partial charge in [0.05, 0.1) is 13.2 Å². The zero-order chi connectivity index (χ0) is 19.9. The van der Waals surface area contributed by atoms with Crippen LogP contribution in [0.2, 0.25) is 0 Å². The van der Waals surface area contributed by atoms with Crippen molar-refractivity contribution in [1.29, 1.82) is 0 Å². The van der Waals surface area contributed by atoms with Crippen LogP contribution in [0, 0.1) is 12.8 Å². The molecule has 28 heavy (non-hydrogen) atoms. The van der Waals surface area contributed by atoms with Gasteiger partial charge in [0, 0.05) is 32.2 Å². The number of aryl methyl sites for hydroxylation is 1. The first kappa shape index (κ1) is 24.8. The minimum Gasteiger partial charge on any atom is -0.494 e. The average Bonchev–Trinajstić information content (AvgIpc) is 3.02. The minimum absolute atomic E-state index is 0. The fourth-order valence-electron chi connectivity index (χ4n) is 3.21. The number of ether oxygens (including phenoxy) is 1. The zero-order valence-electron chi connectivity index (χ0n) is 16.6. The molecule has 160 valence electrons. The van der Waals surface area contributed by atoms with Gasteiger partial charge in [0.1, 0.15) is 5.75 Å². The van der Waals surface area contributed by atoms with Gasteiger partial charge in [-0.3, -0.25) is 9.89 Å². The van der Waals surface area contributed by atoms with Crippen LogP contribution in [0.5, 0.6) is 5.75 Å². The molecule has 1 aromatic carbocycles. The van der Waals surface area contributed by atoms with E-state index in [1.165, 1.54) is 4.90 Å². The quantitative estimate of drug-likeness (QED) is 0.332. The molecule has 0 aliphatic carbocycles. The molecule has 1 aliphatic rings. The van der Waals surface area contributed by atoms with Crippen molar-refractivity contribution in [1.82, 2.24) is 15.5 Å². The highest BCUT2D eigenvalue weighted by Gasteiger charge is 2.34. The molecule has 1 heterocycles. The third-order valence-corrected chi connectivity index (χ3v) is 4.52. The summed E-state index contributed by atoms with van der Waals surface area (Å²) in [6.07, 6.45) is -3.38. The van der Waals surface area contributed by atoms with Gasteiger partial charge in [0.25, 0.3) is 0 Å². The fourth-order valence-corrected chi connectivity index (χ4v) is 3.21. The Balaban J connectivity index is 0.00000392. The summed E-state index contributed by atoms with van der Waals surface area (Å²) in [6.45, 7) is 5.83. The van der Waals surface area contributed by atoms with E-state index in [9.17, 15) is 13.2 Å². The van der Waals surface area contributed by atoms with Gasteiger partial charge in [-0.2, -0.15) is 13.2 Å². The van der Waals surface area contributed by atoms with E-state index in [4.69, 9.17) is 4.74 Å². The van der Waals surface area contributed by atoms with Crippen molar-refractivity contribution in [2.45, 2.75) is 33.0 Å². The lowest BCUT2D eigenvalue weighted by Gasteiger charge is -2.19. The number of nitrogens with one attached hydrogen (secondary N) is 2. The molecule has 1 aromatic rings. The van der Waals surface area contributed by atoms with Gasteiger partial charge < -0.3 is 15.4 Å². The number of aliphatic imine (C=N–C) groups is 1. The molecule has 0 bridgehead atoms. The maximum absolute atomic E-state index is 12.5. The first-order valence-electron chi connectivity index (χ1n) is 9.26. The average molecular weight is 514 g/mol. The molecule has 0 amide bonds. The number of benzene rings is 1. The Bertz CT molecular complexity index is 640. The topological polar surface area (TPSA) is 48.9 Å². The number of hydrogen-bond acceptors (Lipinski definition) is 3. The van der Waals surface area contributed by atoms with E-state index in [-0.39, 0.29) is 29.9 Å². The first-order valence-corrected chi connectivity index (χ1v) is 9.26. The van der Waals surface area contributed by atoms with Crippen molar-refractivity contribution in [3.63, 3.8) is 0 Å². The molecule has 2 N–H and O–H groups in total. The van der Waals surface area contributed by atoms with E-state index in [2.05, 4.69) is 15.6 Å². The Morgan fingerprint density at radius 2 is 2.07 bits per heavy atom. The molecule has 1 unspecified atom stereocenters. The molecule has 5 nitrogen and oxygen atoms in total. The van der Waals surface area contributed by atoms with Gasteiger partial charge in [0.15, 0.2) is 5.96 Å². The van der Waals surface area contributed by atoms with Crippen LogP contribution >= 0.6 is 24.0 Å². The lowest BCUT2D eigenvalue weighted by Crippen LogP contribution is -2.40. The monoisotopic (exact) mass is 514 g/mol. The highest BCUT2D eigenvalue weighted by Crippen LogP contribution is 2.22. The maximum Gasteiger partial charge on any atom is 0.401 e. The summed E-state index contributed by atoms with van der Waals surface area (Å²) >= 11 is 0. The van der Waals surface area contributed by atoms with Gasteiger partial charge in [-0.15, -0.1) is 24.0 Å². The van der Waals surface area contributed by atoms with Gasteiger partial charge in [-0.25, -0.2) is 0 Å². The molecule has 1 fully saturated rings. The second-order valence-corrected chi connectivity index (χ2v) is 6.86. The SMILES string of the molecule is CCOc1cc(C)ccc1CNC(=NC)NCC1CCN(CC(F)(F)F)C1.I. The number of rotatable bonds is 7. The molecule has 1 aliphatic heterocycles. The Morgan fingerprint density at radius 1 is 1.32 bits per heavy atom. The minimum atomic E-state index is -4.13. The number of alkyl halides is 3. The summed E-state index contributed by atoms with van der Waals surface area (Å²) in [6, 6.07) is 6.06. The van der Waals surface area contributed by atoms with E-state index in [0.29, 0.717) is 38.7 Å². The van der Waals surface area contributed by atoms with Gasteiger partial charge in [-0.05, 0) is 44.4 Å². The Hall–Kier alpha value is -1.23. The second kappa shape index (κ2) is 11.7. The summed E-state index contributed by atoms with van der Waals surface area (Å²) in [5.74, 6) is 1.66. The standard InChI is InChI=1S/C19H29F3N4O.HI/c1-4-27-17-9-14(2)5-6-16(17)11-25-18(23-3)24-10-15-7-8-26(12-15)13-19(20,21)22;/h5-6,9,15H,4,7-8,10-13H2,1-3H3,(H2,23,24,25);1H. The second-order valence-electron chi connectivity index (χ2n) is 6.86. The molecular formula is C19H30F3IN4O. The Labute approximate surface area is 182 Å². The first-order chi connectivity index (χ1) is 12.8. The highest BCUT2D eigenvalue weighted by molar-refractivity contribution is 14.0. The third kappa shape index (κ3) is 8.42. The molecular weight excluding hydrogens is 484 g/mol. The van der Waals surface area contributed by atoms with Crippen LogP contribution in [0.3, 0.4) is 0 Å². The lowest BCUT2D eigenvalue weighted by atomic mass is 10.1. The molecule has 2 rings (SSSR count). The van der Waals surface area contributed by atoms with Crippen LogP contribution in [0.15, 0.2) is 23.2 Å². The molecule has 0 saturated carbocycles. The molecule has 0 radical (unpaired) electrons. The predicted octanol–water partition coefficient (Wildman–Crippen LogP) is 3.56. The van der Waals surface area contributed by atoms with Crippen LogP contribution in [0.25, 0.3) is 0 Å². The summed E-state index contributed by atoms with van der Waals surface area (Å²) in [7, 11) is 1.68. The van der Waals surface area contributed by atoms with E-state index in [1.807, 2.05) is 32.0 Å². The smallest absolute Gasteiger partial charge is 0.401 e. The summed E-state index contributed by atoms with van der Waals surface area (Å²) < 4.78 is 43.1. The summed E-state index contributed by atoms with van der Waals surface area (Å²) in [5.41, 5.74) is 2.16. The van der Waals surface area contributed by atoms with Crippen LogP contribution in [0.1, 0.15) is 24.5 Å². The zero-order valence-corrected chi connectivity index (χ0v) is 18.9. The molecule has 0 spiro atoms. The molecule has 0 aromatic heterocycles. The highest BCUT2D eigenvalue weighted by atomic mass is 127. The van der Waals surface area contributed by atoms with Crippen molar-refractivity contribution in [2.75, 3.05) is 39.8 Å². The predicted molar refractivity (Wildman–Crippen MR) is 117 cm³/mol. The fraction of sp³-hybridized carbons (Fsp3) is 0.632. The number of hydrogen-bond donors (Lipinski definition) is 2. The van der Waals surface area contributed by atoms with Crippen molar-refractivity contribution in [2.24, 2.45) is 10.9 Å². The van der Waals surface area contributed by atoms with Crippen molar-refractivity contribution in [3.05, 3.63) is 29.3 Å². The van der Waals surface area contributed by atoms with Crippen LogP contribution in [-0.4, -0.2) is 56.9 Å². The van der Waals surface area contributed by atoms with E-state index in [1.54, 1.807) is 7.05 Å². The van der Waals surface area contributed by atoms with E-state index < -0.39 is 12.7 Å². The van der Waals surface area contributed by atoms with Gasteiger partial charge >= 0.3 is 6.18 Å². The van der Waals surface area contributed by atoms with Crippen molar-refractivity contribution < 1.29 is 17.9 Å². The van der Waals surface area contributed by atoms with E-state index in [0.717, 1.165) is 23.3 Å². The third-order valence-electron chi connectivity index (χ3n) is 4.52. The van der Waals surface area contributed by atoms with Crippen molar-refractivity contribution >= 4 is 29.9 Å². The van der Waals surface area contributed by atoms with Crippen LogP contribution in [-0.2, 0) is 6.54 Å². The maximum atomic E-state index is 12.5. The lowest BCUT2D eigenvalue weighted by molar-refractivity contribution is -0.143. The molecule has 9 heteroatoms. The molecule has 1 saturated heterocycles. The number of halogens is 4. The van der Waals surface area contributed by atoms with E-state index >= 15 is 0 Å². The van der Waals surface area contributed by atoms with Crippen LogP contribution < -0.4 is 15.4 Å².